The van der Waals surface area contributed by atoms with E-state index < -0.39 is 11.2 Å². The van der Waals surface area contributed by atoms with Crippen LogP contribution < -0.4 is 9.47 Å². The molecule has 0 saturated heterocycles. The Morgan fingerprint density at radius 1 is 0.642 bits per heavy atom. The van der Waals surface area contributed by atoms with Gasteiger partial charge in [0.15, 0.2) is 17.3 Å². The number of halogens is 1. The van der Waals surface area contributed by atoms with Gasteiger partial charge in [0.25, 0.3) is 0 Å². The number of carbonyl (C=O) groups excluding carboxylic acids is 2. The number of hydrogen-bond acceptors (Lipinski definition) is 8. The number of ether oxygens (including phenoxy) is 2. The van der Waals surface area contributed by atoms with Gasteiger partial charge in [-0.2, -0.15) is 10.2 Å². The highest BCUT2D eigenvalue weighted by Crippen LogP contribution is 2.70. The van der Waals surface area contributed by atoms with Crippen LogP contribution >= 0.6 is 15.9 Å². The molecular formula is C56H93BrN4O6. The number of rotatable bonds is 9. The van der Waals surface area contributed by atoms with E-state index in [-0.39, 0.29) is 37.5 Å². The number of Topliss-reactive ketones (excluding diaryl/α,β-unsaturated/α-hetero) is 2. The van der Waals surface area contributed by atoms with Crippen LogP contribution in [0.5, 0.6) is 11.5 Å². The minimum Gasteiger partial charge on any atom is -0.491 e. The zero-order valence-corrected chi connectivity index (χ0v) is 43.0. The Morgan fingerprint density at radius 3 is 1.58 bits per heavy atom. The van der Waals surface area contributed by atoms with Crippen molar-refractivity contribution in [3.63, 3.8) is 0 Å². The third-order valence-corrected chi connectivity index (χ3v) is 21.4. The van der Waals surface area contributed by atoms with Crippen LogP contribution in [0.3, 0.4) is 0 Å². The fourth-order valence-electron chi connectivity index (χ4n) is 17.4. The molecule has 0 amide bonds. The third kappa shape index (κ3) is 10.3. The fraction of sp³-hybridized carbons (Fsp3) is 0.857. The van der Waals surface area contributed by atoms with Gasteiger partial charge in [-0.25, -0.2) is 0 Å². The molecule has 11 heteroatoms. The standard InChI is InChI=1S/C27H42N2O3.C22H35BrO2.C5H8N2O.2CH4/c1-5-32-19-15-28-29(16-19)17-24(30)23-9-8-21-20-7-6-18-14-25(2,31)12-13-26(18,3)22(20)10-11-27(21,23)4;1-20(25)10-11-21(2)14(12-20)4-5-15-16-6-7-18(19(24)13-23)22(16,3)9-8-17(15)21;1-2-8-5-3-6-7-4-5;;/h15-16,18,20-23,31H,5-14,17H2,1-4H3;14-18,25H,4-13H2,1-3H3;3-4H,2H2,1H3,(H,6,7);2*1H4/t18-,20+,21+,22+,23-,25-,26+,27+;14-,15+,16+,17+,18-,20-,21+,22+;;;/m11.../s1. The summed E-state index contributed by atoms with van der Waals surface area (Å²) in [6.07, 6.45) is 27.9. The summed E-state index contributed by atoms with van der Waals surface area (Å²) >= 11 is 3.43. The maximum Gasteiger partial charge on any atom is 0.157 e. The highest BCUT2D eigenvalue weighted by molar-refractivity contribution is 9.09. The van der Waals surface area contributed by atoms with Gasteiger partial charge in [-0.1, -0.05) is 58.5 Å². The molecule has 2 aromatic rings. The zero-order chi connectivity index (χ0) is 46.6. The van der Waals surface area contributed by atoms with Crippen LogP contribution in [0.2, 0.25) is 0 Å². The molecule has 0 aliphatic heterocycles. The molecule has 0 unspecified atom stereocenters. The lowest BCUT2D eigenvalue weighted by Gasteiger charge is -2.61. The zero-order valence-electron chi connectivity index (χ0n) is 41.4. The first kappa shape index (κ1) is 54.1. The number of aliphatic hydroxyl groups is 2. The highest BCUT2D eigenvalue weighted by atomic mass is 79.9. The van der Waals surface area contributed by atoms with E-state index in [0.29, 0.717) is 65.2 Å². The normalized spacial score (nSPS) is 43.4. The van der Waals surface area contributed by atoms with E-state index in [0.717, 1.165) is 79.6 Å². The van der Waals surface area contributed by atoms with Gasteiger partial charge in [-0.15, -0.1) is 0 Å². The van der Waals surface area contributed by atoms with Crippen molar-refractivity contribution in [2.75, 3.05) is 18.5 Å². The van der Waals surface area contributed by atoms with Crippen LogP contribution in [0.25, 0.3) is 0 Å². The molecule has 0 radical (unpaired) electrons. The highest BCUT2D eigenvalue weighted by Gasteiger charge is 2.63. The fourth-order valence-corrected chi connectivity index (χ4v) is 17.8. The van der Waals surface area contributed by atoms with E-state index in [1.807, 2.05) is 33.9 Å². The van der Waals surface area contributed by atoms with Crippen molar-refractivity contribution in [2.45, 2.75) is 204 Å². The summed E-state index contributed by atoms with van der Waals surface area (Å²) in [7, 11) is 0. The summed E-state index contributed by atoms with van der Waals surface area (Å²) in [5.74, 6) is 8.72. The minimum absolute atomic E-state index is 0. The van der Waals surface area contributed by atoms with Crippen LogP contribution in [-0.4, -0.2) is 71.5 Å². The summed E-state index contributed by atoms with van der Waals surface area (Å²) in [4.78, 5) is 26.0. The second kappa shape index (κ2) is 20.8. The third-order valence-electron chi connectivity index (χ3n) is 20.8. The number of aromatic nitrogens is 4. The number of nitrogens with zero attached hydrogens (tertiary/aromatic N) is 3. The molecular weight excluding hydrogens is 905 g/mol. The maximum absolute atomic E-state index is 13.4. The first-order valence-corrected chi connectivity index (χ1v) is 27.3. The second-order valence-electron chi connectivity index (χ2n) is 24.3. The van der Waals surface area contributed by atoms with E-state index in [1.54, 1.807) is 23.3 Å². The molecule has 8 aliphatic carbocycles. The van der Waals surface area contributed by atoms with Crippen molar-refractivity contribution in [3.8, 4) is 11.5 Å². The molecule has 8 saturated carbocycles. The number of fused-ring (bicyclic) bond motifs is 10. The Labute approximate surface area is 414 Å². The quantitative estimate of drug-likeness (QED) is 0.211. The van der Waals surface area contributed by atoms with Gasteiger partial charge < -0.3 is 19.7 Å². The molecule has 10 rings (SSSR count). The average molecular weight is 998 g/mol. The van der Waals surface area contributed by atoms with Gasteiger partial charge in [0.05, 0.1) is 61.1 Å². The molecule has 10 nitrogen and oxygen atoms in total. The van der Waals surface area contributed by atoms with Crippen LogP contribution in [0.1, 0.15) is 186 Å². The first-order chi connectivity index (χ1) is 30.8. The lowest BCUT2D eigenvalue weighted by atomic mass is 9.44. The summed E-state index contributed by atoms with van der Waals surface area (Å²) < 4.78 is 12.3. The number of aromatic amines is 1. The number of H-pyrrole nitrogens is 1. The van der Waals surface area contributed by atoms with Gasteiger partial charge in [0, 0.05) is 11.8 Å². The number of nitrogens with one attached hydrogen (secondary N) is 1. The topological polar surface area (TPSA) is 140 Å². The summed E-state index contributed by atoms with van der Waals surface area (Å²) in [5, 5.41) is 32.5. The number of ketones is 2. The van der Waals surface area contributed by atoms with Crippen molar-refractivity contribution < 1.29 is 29.3 Å². The summed E-state index contributed by atoms with van der Waals surface area (Å²) in [6.45, 7) is 19.6. The molecule has 8 fully saturated rings. The molecule has 0 bridgehead atoms. The minimum atomic E-state index is -0.473. The Balaban J connectivity index is 0.000000188. The maximum atomic E-state index is 13.4. The van der Waals surface area contributed by atoms with Crippen molar-refractivity contribution in [3.05, 3.63) is 24.8 Å². The van der Waals surface area contributed by atoms with E-state index in [1.165, 1.54) is 77.0 Å². The predicted molar refractivity (Wildman–Crippen MR) is 272 cm³/mol. The van der Waals surface area contributed by atoms with Crippen LogP contribution in [0.15, 0.2) is 24.8 Å². The van der Waals surface area contributed by atoms with Crippen molar-refractivity contribution >= 4 is 27.5 Å². The Kier molecular flexibility index (Phi) is 16.8. The van der Waals surface area contributed by atoms with Gasteiger partial charge in [-0.05, 0) is 212 Å². The Morgan fingerprint density at radius 2 is 1.12 bits per heavy atom. The number of carbonyl (C=O) groups is 2. The predicted octanol–water partition coefficient (Wildman–Crippen LogP) is 12.7. The largest absolute Gasteiger partial charge is 0.491 e. The Bertz CT molecular complexity index is 1950. The molecule has 0 aromatic carbocycles. The summed E-state index contributed by atoms with van der Waals surface area (Å²) in [6, 6.07) is 0. The van der Waals surface area contributed by atoms with Gasteiger partial charge in [0.2, 0.25) is 0 Å². The van der Waals surface area contributed by atoms with Gasteiger partial charge in [-0.3, -0.25) is 19.4 Å². The Hall–Kier alpha value is -2.24. The monoisotopic (exact) mass is 997 g/mol. The number of alkyl halides is 1. The lowest BCUT2D eigenvalue weighted by molar-refractivity contribution is -0.151. The van der Waals surface area contributed by atoms with Crippen LogP contribution in [-0.2, 0) is 16.1 Å². The van der Waals surface area contributed by atoms with Crippen molar-refractivity contribution in [1.82, 2.24) is 20.0 Å². The van der Waals surface area contributed by atoms with Crippen molar-refractivity contribution in [2.24, 2.45) is 80.8 Å². The molecule has 16 atom stereocenters. The van der Waals surface area contributed by atoms with Gasteiger partial charge >= 0.3 is 0 Å². The van der Waals surface area contributed by atoms with Gasteiger partial charge in [0.1, 0.15) is 5.78 Å². The second-order valence-corrected chi connectivity index (χ2v) is 24.9. The molecule has 2 aromatic heterocycles. The lowest BCUT2D eigenvalue weighted by Crippen LogP contribution is -2.55. The smallest absolute Gasteiger partial charge is 0.157 e. The van der Waals surface area contributed by atoms with E-state index in [2.05, 4.69) is 58.9 Å². The van der Waals surface area contributed by atoms with Crippen molar-refractivity contribution in [1.29, 1.82) is 0 Å². The molecule has 380 valence electrons. The van der Waals surface area contributed by atoms with E-state index in [4.69, 9.17) is 9.47 Å². The van der Waals surface area contributed by atoms with E-state index >= 15 is 0 Å². The molecule has 67 heavy (non-hydrogen) atoms. The number of hydrogen-bond donors (Lipinski definition) is 3. The SMILES string of the molecule is C.C.CCOc1cn[nH]c1.CCOc1cnn(CC(=O)[C@H]2CC[C@H]3[C@@H]4CC[C@@H]5C[C@](C)(O)CC[C@]5(C)[C@H]4CC[C@]23C)c1.C[C@@]1(O)CC[C@@]2(C)[C@H](CC[C@@H]3[C@@H]2CC[C@]2(C)[C@@H](C(=O)CBr)CC[C@@H]32)C1. The van der Waals surface area contributed by atoms with Crippen LogP contribution in [0.4, 0.5) is 0 Å². The molecule has 0 spiro atoms. The molecule has 2 heterocycles. The molecule has 3 N–H and O–H groups in total. The first-order valence-electron chi connectivity index (χ1n) is 26.1. The summed E-state index contributed by atoms with van der Waals surface area (Å²) in [5.41, 5.74) is 0.261. The average Bonchev–Trinajstić information content (AvgIpc) is 4.08. The van der Waals surface area contributed by atoms with E-state index in [9.17, 15) is 19.8 Å². The molecule has 8 aliphatic rings. The van der Waals surface area contributed by atoms with Crippen LogP contribution in [0, 0.1) is 80.8 Å².